The number of nitrogens with one attached hydrogen (secondary N) is 1. The van der Waals surface area contributed by atoms with Crippen molar-refractivity contribution < 1.29 is 4.79 Å². The molecule has 6 nitrogen and oxygen atoms in total. The largest absolute Gasteiger partial charge is 0.353 e. The highest BCUT2D eigenvalue weighted by Gasteiger charge is 2.32. The fourth-order valence-electron chi connectivity index (χ4n) is 4.94. The van der Waals surface area contributed by atoms with Gasteiger partial charge in [0.05, 0.1) is 16.9 Å². The lowest BCUT2D eigenvalue weighted by Crippen LogP contribution is -2.57. The van der Waals surface area contributed by atoms with Crippen LogP contribution in [0.25, 0.3) is 0 Å². The predicted molar refractivity (Wildman–Crippen MR) is 136 cm³/mol. The molecule has 4 rings (SSSR count). The molecule has 3 heterocycles. The number of nitrogens with zero attached hydrogens (tertiary/aromatic N) is 4. The molecule has 0 bridgehead atoms. The van der Waals surface area contributed by atoms with Crippen molar-refractivity contribution in [2.24, 2.45) is 0 Å². The van der Waals surface area contributed by atoms with Crippen molar-refractivity contribution in [3.8, 4) is 0 Å². The summed E-state index contributed by atoms with van der Waals surface area (Å²) in [5.74, 6) is 0.762. The molecule has 1 aromatic heterocycles. The summed E-state index contributed by atoms with van der Waals surface area (Å²) in [5, 5.41) is 4.20. The van der Waals surface area contributed by atoms with E-state index in [0.717, 1.165) is 50.1 Å². The fraction of sp³-hybridized carbons (Fsp3) is 0.520. The van der Waals surface area contributed by atoms with Crippen LogP contribution in [0.5, 0.6) is 0 Å². The van der Waals surface area contributed by atoms with Crippen molar-refractivity contribution in [2.45, 2.75) is 51.7 Å². The van der Waals surface area contributed by atoms with Gasteiger partial charge in [-0.15, -0.1) is 0 Å². The van der Waals surface area contributed by atoms with Gasteiger partial charge in [0, 0.05) is 49.7 Å². The molecule has 0 aliphatic carbocycles. The van der Waals surface area contributed by atoms with E-state index in [1.807, 2.05) is 19.1 Å². The Morgan fingerprint density at radius 2 is 1.85 bits per heavy atom. The number of hydrogen-bond donors (Lipinski definition) is 1. The van der Waals surface area contributed by atoms with Gasteiger partial charge in [-0.05, 0) is 56.6 Å². The number of carbonyl (C=O) groups excluding carboxylic acids is 1. The van der Waals surface area contributed by atoms with Crippen LogP contribution in [0, 0.1) is 0 Å². The number of benzene rings is 1. The minimum Gasteiger partial charge on any atom is -0.353 e. The summed E-state index contributed by atoms with van der Waals surface area (Å²) in [7, 11) is 0. The highest BCUT2D eigenvalue weighted by molar-refractivity contribution is 6.33. The molecule has 1 amide bonds. The number of halogens is 2. The maximum absolute atomic E-state index is 11.6. The number of amides is 1. The van der Waals surface area contributed by atoms with Crippen molar-refractivity contribution in [2.75, 3.05) is 42.9 Å². The first-order valence-electron chi connectivity index (χ1n) is 11.9. The average molecular weight is 490 g/mol. The number of hydrogen-bond acceptors (Lipinski definition) is 5. The normalized spacial score (nSPS) is 20.7. The summed E-state index contributed by atoms with van der Waals surface area (Å²) in [5.41, 5.74) is 1.97. The van der Waals surface area contributed by atoms with Crippen LogP contribution in [0.2, 0.25) is 10.0 Å². The van der Waals surface area contributed by atoms with Gasteiger partial charge in [-0.25, -0.2) is 4.98 Å². The number of aromatic nitrogens is 1. The zero-order valence-corrected chi connectivity index (χ0v) is 20.9. The van der Waals surface area contributed by atoms with Crippen molar-refractivity contribution in [3.05, 3.63) is 52.1 Å². The molecule has 2 aliphatic heterocycles. The Labute approximate surface area is 206 Å². The average Bonchev–Trinajstić information content (AvgIpc) is 2.81. The topological polar surface area (TPSA) is 51.7 Å². The van der Waals surface area contributed by atoms with Crippen molar-refractivity contribution >= 4 is 40.6 Å². The van der Waals surface area contributed by atoms with Crippen molar-refractivity contribution in [1.29, 1.82) is 0 Å². The van der Waals surface area contributed by atoms with E-state index in [1.165, 1.54) is 18.4 Å². The second kappa shape index (κ2) is 11.0. The van der Waals surface area contributed by atoms with Crippen LogP contribution in [0.15, 0.2) is 36.5 Å². The molecule has 8 heteroatoms. The van der Waals surface area contributed by atoms with E-state index in [0.29, 0.717) is 29.2 Å². The third kappa shape index (κ3) is 6.18. The van der Waals surface area contributed by atoms with Gasteiger partial charge in [-0.1, -0.05) is 42.3 Å². The van der Waals surface area contributed by atoms with E-state index in [9.17, 15) is 4.79 Å². The number of piperazine rings is 1. The van der Waals surface area contributed by atoms with Gasteiger partial charge < -0.3 is 10.2 Å². The van der Waals surface area contributed by atoms with Gasteiger partial charge in [0.15, 0.2) is 0 Å². The highest BCUT2D eigenvalue weighted by Crippen LogP contribution is 2.30. The van der Waals surface area contributed by atoms with Gasteiger partial charge in [-0.3, -0.25) is 14.6 Å². The Kier molecular flexibility index (Phi) is 8.12. The lowest BCUT2D eigenvalue weighted by molar-refractivity contribution is -0.115. The molecule has 178 valence electrons. The highest BCUT2D eigenvalue weighted by atomic mass is 35.5. The molecule has 2 saturated heterocycles. The first kappa shape index (κ1) is 24.3. The SMILES string of the molecule is CCC(=O)Nc1cnc(N2CCN(C3CCN(Cc4ccc(Cl)cc4)CC3)[C@@H](C)C2)c(Cl)c1. The van der Waals surface area contributed by atoms with E-state index in [2.05, 4.69) is 44.1 Å². The molecule has 2 fully saturated rings. The van der Waals surface area contributed by atoms with Crippen LogP contribution < -0.4 is 10.2 Å². The van der Waals surface area contributed by atoms with Crippen LogP contribution in [0.4, 0.5) is 11.5 Å². The lowest BCUT2D eigenvalue weighted by atomic mass is 9.99. The van der Waals surface area contributed by atoms with E-state index < -0.39 is 0 Å². The molecule has 1 N–H and O–H groups in total. The second-order valence-electron chi connectivity index (χ2n) is 9.10. The Morgan fingerprint density at radius 3 is 2.48 bits per heavy atom. The zero-order valence-electron chi connectivity index (χ0n) is 19.4. The molecule has 0 unspecified atom stereocenters. The van der Waals surface area contributed by atoms with E-state index in [-0.39, 0.29) is 5.91 Å². The standard InChI is InChI=1S/C25H33Cl2N5O/c1-3-24(33)29-21-14-23(27)25(28-15-21)31-12-13-32(18(2)16-31)22-8-10-30(11-9-22)17-19-4-6-20(26)7-5-19/h4-7,14-15,18,22H,3,8-13,16-17H2,1-2H3,(H,29,33)/t18-/m0/s1. The number of likely N-dealkylation sites (tertiary alicyclic amines) is 1. The van der Waals surface area contributed by atoms with Crippen LogP contribution in [-0.2, 0) is 11.3 Å². The van der Waals surface area contributed by atoms with E-state index in [1.54, 1.807) is 12.3 Å². The molecule has 0 radical (unpaired) electrons. The van der Waals surface area contributed by atoms with Crippen LogP contribution in [-0.4, -0.2) is 65.5 Å². The quantitative estimate of drug-likeness (QED) is 0.624. The van der Waals surface area contributed by atoms with Crippen molar-refractivity contribution in [3.63, 3.8) is 0 Å². The summed E-state index contributed by atoms with van der Waals surface area (Å²) in [6, 6.07) is 11.0. The fourth-order valence-corrected chi connectivity index (χ4v) is 5.36. The van der Waals surface area contributed by atoms with Crippen LogP contribution in [0.1, 0.15) is 38.7 Å². The Hall–Kier alpha value is -1.86. The third-order valence-corrected chi connectivity index (χ3v) is 7.28. The Bertz CT molecular complexity index is 946. The number of piperidine rings is 1. The second-order valence-corrected chi connectivity index (χ2v) is 9.94. The predicted octanol–water partition coefficient (Wildman–Crippen LogP) is 4.91. The van der Waals surface area contributed by atoms with Gasteiger partial charge in [0.1, 0.15) is 5.82 Å². The summed E-state index contributed by atoms with van der Waals surface area (Å²) >= 11 is 12.5. The monoisotopic (exact) mass is 489 g/mol. The first-order chi connectivity index (χ1) is 15.9. The molecule has 2 aromatic rings. The molecular weight excluding hydrogens is 457 g/mol. The van der Waals surface area contributed by atoms with Gasteiger partial charge in [-0.2, -0.15) is 0 Å². The van der Waals surface area contributed by atoms with E-state index in [4.69, 9.17) is 23.2 Å². The van der Waals surface area contributed by atoms with Gasteiger partial charge >= 0.3 is 0 Å². The lowest BCUT2D eigenvalue weighted by Gasteiger charge is -2.47. The molecule has 1 atom stereocenters. The maximum Gasteiger partial charge on any atom is 0.224 e. The smallest absolute Gasteiger partial charge is 0.224 e. The summed E-state index contributed by atoms with van der Waals surface area (Å²) < 4.78 is 0. The molecule has 0 saturated carbocycles. The molecule has 2 aliphatic rings. The maximum atomic E-state index is 11.6. The summed E-state index contributed by atoms with van der Waals surface area (Å²) in [4.78, 5) is 23.7. The number of carbonyl (C=O) groups is 1. The molecule has 33 heavy (non-hydrogen) atoms. The van der Waals surface area contributed by atoms with Crippen molar-refractivity contribution in [1.82, 2.24) is 14.8 Å². The van der Waals surface area contributed by atoms with Crippen LogP contribution >= 0.6 is 23.2 Å². The zero-order chi connectivity index (χ0) is 23.4. The summed E-state index contributed by atoms with van der Waals surface area (Å²) in [6.45, 7) is 10.2. The van der Waals surface area contributed by atoms with E-state index >= 15 is 0 Å². The minimum absolute atomic E-state index is 0.0398. The number of anilines is 2. The van der Waals surface area contributed by atoms with Gasteiger partial charge in [0.2, 0.25) is 5.91 Å². The van der Waals surface area contributed by atoms with Gasteiger partial charge in [0.25, 0.3) is 0 Å². The summed E-state index contributed by atoms with van der Waals surface area (Å²) in [6.07, 6.45) is 4.52. The molecular formula is C25H33Cl2N5O. The number of pyridine rings is 1. The Balaban J connectivity index is 1.29. The third-order valence-electron chi connectivity index (χ3n) is 6.75. The molecule has 0 spiro atoms. The molecule has 1 aromatic carbocycles. The first-order valence-corrected chi connectivity index (χ1v) is 12.6. The minimum atomic E-state index is -0.0398. The Morgan fingerprint density at radius 1 is 1.12 bits per heavy atom. The van der Waals surface area contributed by atoms with Crippen LogP contribution in [0.3, 0.4) is 0 Å². The number of rotatable bonds is 6.